The zero-order valence-corrected chi connectivity index (χ0v) is 14.3. The molecule has 5 nitrogen and oxygen atoms in total. The summed E-state index contributed by atoms with van der Waals surface area (Å²) in [5, 5.41) is 3.18. The van der Waals surface area contributed by atoms with Crippen molar-refractivity contribution in [3.63, 3.8) is 0 Å². The van der Waals surface area contributed by atoms with Crippen LogP contribution in [0.2, 0.25) is 0 Å². The third-order valence-corrected chi connectivity index (χ3v) is 4.58. The van der Waals surface area contributed by atoms with Crippen molar-refractivity contribution in [3.8, 4) is 5.75 Å². The molecule has 1 aliphatic rings. The highest BCUT2D eigenvalue weighted by Gasteiger charge is 2.13. The number of ether oxygens (including phenoxy) is 1. The molecule has 0 unspecified atom stereocenters. The van der Waals surface area contributed by atoms with Crippen LogP contribution in [-0.2, 0) is 12.8 Å². The number of hydrogen-bond acceptors (Lipinski definition) is 4. The van der Waals surface area contributed by atoms with Gasteiger partial charge in [-0.2, -0.15) is 0 Å². The summed E-state index contributed by atoms with van der Waals surface area (Å²) in [4.78, 5) is 24.3. The fourth-order valence-corrected chi connectivity index (χ4v) is 3.27. The van der Waals surface area contributed by atoms with Gasteiger partial charge in [-0.15, -0.1) is 0 Å². The summed E-state index contributed by atoms with van der Waals surface area (Å²) in [5.41, 5.74) is 2.92. The second-order valence-electron chi connectivity index (χ2n) is 6.36. The van der Waals surface area contributed by atoms with E-state index >= 15 is 0 Å². The Hall–Kier alpha value is -3.08. The number of carbonyl (C=O) groups is 1. The molecule has 0 radical (unpaired) electrons. The van der Waals surface area contributed by atoms with Crippen LogP contribution in [0, 0.1) is 0 Å². The monoisotopic (exact) mass is 349 g/mol. The van der Waals surface area contributed by atoms with E-state index in [-0.39, 0.29) is 11.2 Å². The number of fused-ring (bicyclic) bond motifs is 2. The number of benzene rings is 2. The first-order valence-corrected chi connectivity index (χ1v) is 8.76. The zero-order chi connectivity index (χ0) is 17.9. The van der Waals surface area contributed by atoms with Crippen LogP contribution in [0.25, 0.3) is 11.0 Å². The maximum atomic E-state index is 12.2. The fourth-order valence-electron chi connectivity index (χ4n) is 3.27. The molecule has 1 heterocycles. The highest BCUT2D eigenvalue weighted by Crippen LogP contribution is 2.25. The molecule has 26 heavy (non-hydrogen) atoms. The highest BCUT2D eigenvalue weighted by molar-refractivity contribution is 5.93. The molecule has 0 saturated heterocycles. The first kappa shape index (κ1) is 16.4. The molecule has 1 amide bonds. The third-order valence-electron chi connectivity index (χ3n) is 4.58. The Balaban J connectivity index is 1.35. The van der Waals surface area contributed by atoms with Crippen LogP contribution in [0.15, 0.2) is 57.7 Å². The lowest BCUT2D eigenvalue weighted by atomic mass is 10.1. The normalized spacial score (nSPS) is 12.8. The van der Waals surface area contributed by atoms with E-state index in [0.717, 1.165) is 18.6 Å². The van der Waals surface area contributed by atoms with Crippen LogP contribution in [0.3, 0.4) is 0 Å². The maximum absolute atomic E-state index is 12.2. The van der Waals surface area contributed by atoms with E-state index in [0.29, 0.717) is 24.1 Å². The number of hydrogen-bond donors (Lipinski definition) is 1. The van der Waals surface area contributed by atoms with Crippen LogP contribution in [0.1, 0.15) is 28.1 Å². The molecule has 0 bridgehead atoms. The molecule has 1 N–H and O–H groups in total. The molecule has 4 rings (SSSR count). The topological polar surface area (TPSA) is 68.5 Å². The summed E-state index contributed by atoms with van der Waals surface area (Å²) in [6.07, 6.45) is 3.44. The van der Waals surface area contributed by atoms with E-state index in [4.69, 9.17) is 9.15 Å². The van der Waals surface area contributed by atoms with Crippen molar-refractivity contribution in [2.45, 2.75) is 19.3 Å². The summed E-state index contributed by atoms with van der Waals surface area (Å²) >= 11 is 0. The van der Waals surface area contributed by atoms with Crippen molar-refractivity contribution in [2.75, 3.05) is 13.2 Å². The molecule has 1 aliphatic carbocycles. The Morgan fingerprint density at radius 1 is 1.08 bits per heavy atom. The minimum atomic E-state index is -0.426. The van der Waals surface area contributed by atoms with Crippen LogP contribution >= 0.6 is 0 Å². The minimum absolute atomic E-state index is 0.00577. The van der Waals surface area contributed by atoms with Crippen LogP contribution in [-0.4, -0.2) is 19.1 Å². The Bertz CT molecular complexity index is 1020. The fraction of sp³-hybridized carbons (Fsp3) is 0.238. The lowest BCUT2D eigenvalue weighted by Crippen LogP contribution is -2.28. The average molecular weight is 349 g/mol. The smallest absolute Gasteiger partial charge is 0.287 e. The Kier molecular flexibility index (Phi) is 4.44. The predicted octanol–water partition coefficient (Wildman–Crippen LogP) is 3.09. The number of amides is 1. The van der Waals surface area contributed by atoms with Crippen LogP contribution in [0.5, 0.6) is 5.75 Å². The summed E-state index contributed by atoms with van der Waals surface area (Å²) in [6, 6.07) is 14.2. The van der Waals surface area contributed by atoms with E-state index in [1.807, 2.05) is 6.07 Å². The summed E-state index contributed by atoms with van der Waals surface area (Å²) < 4.78 is 11.2. The van der Waals surface area contributed by atoms with Crippen molar-refractivity contribution in [1.29, 1.82) is 0 Å². The molecule has 1 aromatic heterocycles. The summed E-state index contributed by atoms with van der Waals surface area (Å²) in [5.74, 6) is 0.397. The molecule has 0 atom stereocenters. The number of nitrogens with one attached hydrogen (secondary N) is 1. The van der Waals surface area contributed by atoms with Crippen molar-refractivity contribution < 1.29 is 13.9 Å². The van der Waals surface area contributed by atoms with Crippen molar-refractivity contribution in [1.82, 2.24) is 5.32 Å². The molecule has 0 saturated carbocycles. The second kappa shape index (κ2) is 7.04. The second-order valence-corrected chi connectivity index (χ2v) is 6.36. The molecule has 0 spiro atoms. The van der Waals surface area contributed by atoms with Crippen molar-refractivity contribution in [3.05, 3.63) is 75.6 Å². The van der Waals surface area contributed by atoms with Gasteiger partial charge in [0.05, 0.1) is 11.9 Å². The van der Waals surface area contributed by atoms with Crippen molar-refractivity contribution in [2.24, 2.45) is 0 Å². The molecule has 2 aromatic carbocycles. The van der Waals surface area contributed by atoms with Crippen LogP contribution < -0.4 is 15.5 Å². The van der Waals surface area contributed by atoms with E-state index < -0.39 is 5.91 Å². The quantitative estimate of drug-likeness (QED) is 0.719. The third kappa shape index (κ3) is 3.33. The minimum Gasteiger partial charge on any atom is -0.492 e. The molecule has 0 fully saturated rings. The van der Waals surface area contributed by atoms with Gasteiger partial charge in [-0.05, 0) is 54.7 Å². The number of aryl methyl sites for hydroxylation is 2. The first-order valence-electron chi connectivity index (χ1n) is 8.76. The Morgan fingerprint density at radius 2 is 1.92 bits per heavy atom. The average Bonchev–Trinajstić information content (AvgIpc) is 3.13. The van der Waals surface area contributed by atoms with E-state index in [1.165, 1.54) is 23.6 Å². The lowest BCUT2D eigenvalue weighted by Gasteiger charge is -2.09. The molecule has 5 heteroatoms. The maximum Gasteiger partial charge on any atom is 0.287 e. The Labute approximate surface area is 150 Å². The molecule has 3 aromatic rings. The predicted molar refractivity (Wildman–Crippen MR) is 98.8 cm³/mol. The van der Waals surface area contributed by atoms with Gasteiger partial charge in [-0.25, -0.2) is 0 Å². The van der Waals surface area contributed by atoms with Gasteiger partial charge in [0, 0.05) is 6.07 Å². The van der Waals surface area contributed by atoms with Gasteiger partial charge in [-0.3, -0.25) is 9.59 Å². The van der Waals surface area contributed by atoms with Gasteiger partial charge in [0.1, 0.15) is 17.9 Å². The zero-order valence-electron chi connectivity index (χ0n) is 14.3. The molecular formula is C21H19NO4. The van der Waals surface area contributed by atoms with Gasteiger partial charge in [0.2, 0.25) is 0 Å². The van der Waals surface area contributed by atoms with Gasteiger partial charge in [0.15, 0.2) is 11.2 Å². The van der Waals surface area contributed by atoms with Gasteiger partial charge in [-0.1, -0.05) is 18.2 Å². The summed E-state index contributed by atoms with van der Waals surface area (Å²) in [6.45, 7) is 0.675. The standard InChI is InChI=1S/C21H19NO4/c23-18-13-20(26-19-7-2-1-6-17(18)19)21(24)22-10-11-25-16-9-8-14-4-3-5-15(14)12-16/h1-2,6-9,12-13H,3-5,10-11H2,(H,22,24). The molecular weight excluding hydrogens is 330 g/mol. The van der Waals surface area contributed by atoms with Gasteiger partial charge >= 0.3 is 0 Å². The number of rotatable bonds is 5. The number of para-hydroxylation sites is 1. The highest BCUT2D eigenvalue weighted by atomic mass is 16.5. The van der Waals surface area contributed by atoms with E-state index in [1.54, 1.807) is 24.3 Å². The van der Waals surface area contributed by atoms with E-state index in [2.05, 4.69) is 17.4 Å². The summed E-state index contributed by atoms with van der Waals surface area (Å²) in [7, 11) is 0. The first-order chi connectivity index (χ1) is 12.7. The van der Waals surface area contributed by atoms with Crippen LogP contribution in [0.4, 0.5) is 0 Å². The lowest BCUT2D eigenvalue weighted by molar-refractivity contribution is 0.0920. The largest absolute Gasteiger partial charge is 0.492 e. The van der Waals surface area contributed by atoms with Gasteiger partial charge < -0.3 is 14.5 Å². The van der Waals surface area contributed by atoms with Crippen molar-refractivity contribution >= 4 is 16.9 Å². The molecule has 132 valence electrons. The van der Waals surface area contributed by atoms with Gasteiger partial charge in [0.25, 0.3) is 5.91 Å². The number of carbonyl (C=O) groups excluding carboxylic acids is 1. The molecule has 0 aliphatic heterocycles. The SMILES string of the molecule is O=C(NCCOc1ccc2c(c1)CCC2)c1cc(=O)c2ccccc2o1. The van der Waals surface area contributed by atoms with E-state index in [9.17, 15) is 9.59 Å². The Morgan fingerprint density at radius 3 is 2.85 bits per heavy atom.